The van der Waals surface area contributed by atoms with Crippen molar-refractivity contribution in [2.45, 2.75) is 32.2 Å². The van der Waals surface area contributed by atoms with E-state index in [1.807, 2.05) is 13.8 Å². The highest BCUT2D eigenvalue weighted by atomic mass is 16.2. The molecule has 1 saturated heterocycles. The van der Waals surface area contributed by atoms with Crippen molar-refractivity contribution in [1.29, 1.82) is 5.26 Å². The maximum Gasteiger partial charge on any atom is 0.270 e. The number of hydrazone groups is 1. The first-order valence-corrected chi connectivity index (χ1v) is 6.75. The third-order valence-corrected chi connectivity index (χ3v) is 3.78. The summed E-state index contributed by atoms with van der Waals surface area (Å²) in [5.74, 6) is -0.262. The van der Waals surface area contributed by atoms with Gasteiger partial charge in [0, 0.05) is 39.0 Å². The maximum absolute atomic E-state index is 12.2. The first kappa shape index (κ1) is 14.5. The van der Waals surface area contributed by atoms with Crippen molar-refractivity contribution >= 4 is 17.5 Å². The predicted octanol–water partition coefficient (Wildman–Crippen LogP) is -0.301. The number of piperazine rings is 1. The molecule has 0 saturated carbocycles. The second-order valence-electron chi connectivity index (χ2n) is 5.54. The molecule has 20 heavy (non-hydrogen) atoms. The molecule has 0 aromatic rings. The number of nitrogens with zero attached hydrogens (tertiary/aromatic N) is 4. The van der Waals surface area contributed by atoms with E-state index < -0.39 is 5.54 Å². The van der Waals surface area contributed by atoms with Crippen molar-refractivity contribution in [1.82, 2.24) is 15.2 Å². The Kier molecular flexibility index (Phi) is 4.04. The van der Waals surface area contributed by atoms with Crippen LogP contribution in [0.15, 0.2) is 5.10 Å². The summed E-state index contributed by atoms with van der Waals surface area (Å²) in [6, 6.07) is 2.27. The van der Waals surface area contributed by atoms with E-state index in [0.29, 0.717) is 44.7 Å². The molecule has 0 aromatic heterocycles. The van der Waals surface area contributed by atoms with Crippen LogP contribution in [0, 0.1) is 11.3 Å². The molecule has 2 heterocycles. The molecule has 2 aliphatic heterocycles. The molecule has 2 rings (SSSR count). The lowest BCUT2D eigenvalue weighted by Crippen LogP contribution is -2.56. The third-order valence-electron chi connectivity index (χ3n) is 3.78. The fourth-order valence-corrected chi connectivity index (χ4v) is 2.35. The van der Waals surface area contributed by atoms with Crippen LogP contribution in [-0.4, -0.2) is 59.0 Å². The summed E-state index contributed by atoms with van der Waals surface area (Å²) in [4.78, 5) is 27.1. The highest BCUT2D eigenvalue weighted by molar-refractivity contribution is 6.39. The van der Waals surface area contributed by atoms with Crippen LogP contribution in [0.5, 0.6) is 0 Å². The Morgan fingerprint density at radius 3 is 2.45 bits per heavy atom. The summed E-state index contributed by atoms with van der Waals surface area (Å²) < 4.78 is 0. The molecule has 0 aromatic carbocycles. The van der Waals surface area contributed by atoms with Gasteiger partial charge in [-0.3, -0.25) is 14.5 Å². The zero-order chi connectivity index (χ0) is 14.8. The molecule has 0 unspecified atom stereocenters. The molecule has 1 N–H and O–H groups in total. The zero-order valence-corrected chi connectivity index (χ0v) is 11.8. The van der Waals surface area contributed by atoms with E-state index in [1.54, 1.807) is 4.90 Å². The Hall–Kier alpha value is -1.94. The SMILES string of the molecule is CC(C)(C#N)N1CCN(C(=O)C2=NNC(=O)CC2)CC1. The second kappa shape index (κ2) is 5.59. The molecule has 0 atom stereocenters. The minimum atomic E-state index is -0.508. The van der Waals surface area contributed by atoms with Gasteiger partial charge in [0.2, 0.25) is 5.91 Å². The summed E-state index contributed by atoms with van der Waals surface area (Å²) in [7, 11) is 0. The summed E-state index contributed by atoms with van der Waals surface area (Å²) in [5.41, 5.74) is 2.25. The Labute approximate surface area is 118 Å². The first-order chi connectivity index (χ1) is 9.44. The zero-order valence-electron chi connectivity index (χ0n) is 11.8. The molecule has 7 nitrogen and oxygen atoms in total. The Bertz CT molecular complexity index is 483. The van der Waals surface area contributed by atoms with Crippen LogP contribution in [-0.2, 0) is 9.59 Å². The molecule has 0 spiro atoms. The van der Waals surface area contributed by atoms with Gasteiger partial charge in [-0.2, -0.15) is 10.4 Å². The smallest absolute Gasteiger partial charge is 0.270 e. The molecule has 108 valence electrons. The molecule has 2 amide bonds. The van der Waals surface area contributed by atoms with E-state index in [-0.39, 0.29) is 11.8 Å². The largest absolute Gasteiger partial charge is 0.335 e. The van der Waals surface area contributed by atoms with Gasteiger partial charge in [-0.05, 0) is 13.8 Å². The first-order valence-electron chi connectivity index (χ1n) is 6.75. The van der Waals surface area contributed by atoms with Crippen LogP contribution in [0.1, 0.15) is 26.7 Å². The van der Waals surface area contributed by atoms with Gasteiger partial charge in [0.1, 0.15) is 11.3 Å². The van der Waals surface area contributed by atoms with E-state index in [4.69, 9.17) is 5.26 Å². The van der Waals surface area contributed by atoms with Crippen LogP contribution in [0.25, 0.3) is 0 Å². The van der Waals surface area contributed by atoms with Gasteiger partial charge in [0.15, 0.2) is 0 Å². The van der Waals surface area contributed by atoms with E-state index in [9.17, 15) is 9.59 Å². The maximum atomic E-state index is 12.2. The Morgan fingerprint density at radius 2 is 1.95 bits per heavy atom. The van der Waals surface area contributed by atoms with Crippen LogP contribution in [0.3, 0.4) is 0 Å². The molecular formula is C13H19N5O2. The summed E-state index contributed by atoms with van der Waals surface area (Å²) in [6.07, 6.45) is 0.709. The van der Waals surface area contributed by atoms with Crippen LogP contribution in [0.2, 0.25) is 0 Å². The van der Waals surface area contributed by atoms with Crippen molar-refractivity contribution in [2.24, 2.45) is 5.10 Å². The second-order valence-corrected chi connectivity index (χ2v) is 5.54. The van der Waals surface area contributed by atoms with Gasteiger partial charge in [-0.1, -0.05) is 0 Å². The molecule has 0 aliphatic carbocycles. The van der Waals surface area contributed by atoms with Crippen molar-refractivity contribution in [3.63, 3.8) is 0 Å². The van der Waals surface area contributed by atoms with Crippen molar-refractivity contribution in [3.8, 4) is 6.07 Å². The lowest BCUT2D eigenvalue weighted by atomic mass is 10.0. The number of nitrogens with one attached hydrogen (secondary N) is 1. The number of carbonyl (C=O) groups excluding carboxylic acids is 2. The fraction of sp³-hybridized carbons (Fsp3) is 0.692. The highest BCUT2D eigenvalue weighted by Gasteiger charge is 2.32. The Morgan fingerprint density at radius 1 is 1.30 bits per heavy atom. The number of carbonyl (C=O) groups is 2. The minimum absolute atomic E-state index is 0.112. The number of rotatable bonds is 2. The van der Waals surface area contributed by atoms with Crippen molar-refractivity contribution in [3.05, 3.63) is 0 Å². The monoisotopic (exact) mass is 277 g/mol. The molecule has 0 radical (unpaired) electrons. The molecular weight excluding hydrogens is 258 g/mol. The summed E-state index contributed by atoms with van der Waals surface area (Å²) in [6.45, 7) is 6.27. The van der Waals surface area contributed by atoms with Gasteiger partial charge < -0.3 is 4.90 Å². The number of hydrogen-bond donors (Lipinski definition) is 1. The van der Waals surface area contributed by atoms with E-state index in [0.717, 1.165) is 0 Å². The number of hydrogen-bond acceptors (Lipinski definition) is 5. The number of nitriles is 1. The van der Waals surface area contributed by atoms with E-state index in [2.05, 4.69) is 21.5 Å². The average molecular weight is 277 g/mol. The van der Waals surface area contributed by atoms with Crippen molar-refractivity contribution in [2.75, 3.05) is 26.2 Å². The molecule has 2 aliphatic rings. The van der Waals surface area contributed by atoms with Gasteiger partial charge >= 0.3 is 0 Å². The molecule has 0 bridgehead atoms. The summed E-state index contributed by atoms with van der Waals surface area (Å²) >= 11 is 0. The minimum Gasteiger partial charge on any atom is -0.335 e. The lowest BCUT2D eigenvalue weighted by Gasteiger charge is -2.40. The van der Waals surface area contributed by atoms with E-state index >= 15 is 0 Å². The van der Waals surface area contributed by atoms with Crippen LogP contribution >= 0.6 is 0 Å². The van der Waals surface area contributed by atoms with Crippen LogP contribution in [0.4, 0.5) is 0 Å². The average Bonchev–Trinajstić information content (AvgIpc) is 2.47. The van der Waals surface area contributed by atoms with Crippen LogP contribution < -0.4 is 5.43 Å². The van der Waals surface area contributed by atoms with Crippen molar-refractivity contribution < 1.29 is 9.59 Å². The molecule has 1 fully saturated rings. The normalized spacial score (nSPS) is 20.9. The standard InChI is InChI=1S/C13H19N5O2/c1-13(2,9-14)18-7-5-17(6-8-18)12(20)10-3-4-11(19)16-15-10/h3-8H2,1-2H3,(H,16,19). The van der Waals surface area contributed by atoms with Gasteiger partial charge in [-0.25, -0.2) is 5.43 Å². The predicted molar refractivity (Wildman–Crippen MR) is 72.7 cm³/mol. The van der Waals surface area contributed by atoms with Gasteiger partial charge in [0.25, 0.3) is 5.91 Å². The van der Waals surface area contributed by atoms with Gasteiger partial charge in [-0.15, -0.1) is 0 Å². The third kappa shape index (κ3) is 2.96. The number of amides is 2. The van der Waals surface area contributed by atoms with Gasteiger partial charge in [0.05, 0.1) is 6.07 Å². The fourth-order valence-electron chi connectivity index (χ4n) is 2.35. The quantitative estimate of drug-likeness (QED) is 0.750. The highest BCUT2D eigenvalue weighted by Crippen LogP contribution is 2.16. The lowest BCUT2D eigenvalue weighted by molar-refractivity contribution is -0.126. The topological polar surface area (TPSA) is 88.8 Å². The molecule has 7 heteroatoms. The Balaban J connectivity index is 1.93. The summed E-state index contributed by atoms with van der Waals surface area (Å²) in [5, 5.41) is 12.9. The van der Waals surface area contributed by atoms with E-state index in [1.165, 1.54) is 0 Å².